The molecule has 0 aromatic heterocycles. The first-order valence-electron chi connectivity index (χ1n) is 7.29. The maximum atomic E-state index is 12.3. The van der Waals surface area contributed by atoms with Crippen molar-refractivity contribution in [2.75, 3.05) is 18.4 Å². The van der Waals surface area contributed by atoms with Gasteiger partial charge in [-0.2, -0.15) is 0 Å². The zero-order chi connectivity index (χ0) is 15.9. The van der Waals surface area contributed by atoms with Crippen molar-refractivity contribution < 1.29 is 15.0 Å². The van der Waals surface area contributed by atoms with E-state index < -0.39 is 17.6 Å². The Morgan fingerprint density at radius 1 is 1.23 bits per heavy atom. The molecule has 1 spiro atoms. The van der Waals surface area contributed by atoms with Crippen molar-refractivity contribution in [3.8, 4) is 0 Å². The lowest BCUT2D eigenvalue weighted by Crippen LogP contribution is -2.62. The van der Waals surface area contributed by atoms with E-state index in [0.29, 0.717) is 48.1 Å². The first-order valence-corrected chi connectivity index (χ1v) is 8.05. The Labute approximate surface area is 138 Å². The van der Waals surface area contributed by atoms with E-state index in [1.807, 2.05) is 0 Å². The van der Waals surface area contributed by atoms with Gasteiger partial charge >= 0.3 is 6.03 Å². The summed E-state index contributed by atoms with van der Waals surface area (Å²) in [4.78, 5) is 14.0. The maximum absolute atomic E-state index is 12.3. The molecule has 2 atom stereocenters. The second kappa shape index (κ2) is 5.89. The molecule has 0 radical (unpaired) electrons. The van der Waals surface area contributed by atoms with E-state index >= 15 is 0 Å². The molecule has 22 heavy (non-hydrogen) atoms. The van der Waals surface area contributed by atoms with Gasteiger partial charge in [-0.25, -0.2) is 4.79 Å². The van der Waals surface area contributed by atoms with Crippen LogP contribution in [0.3, 0.4) is 0 Å². The summed E-state index contributed by atoms with van der Waals surface area (Å²) in [6.45, 7) is 1.01. The Morgan fingerprint density at radius 3 is 2.41 bits per heavy atom. The topological polar surface area (TPSA) is 72.8 Å². The van der Waals surface area contributed by atoms with Gasteiger partial charge in [0.05, 0.1) is 22.9 Å². The minimum absolute atomic E-state index is 0.234. The molecule has 1 aliphatic heterocycles. The molecule has 1 saturated carbocycles. The van der Waals surface area contributed by atoms with E-state index in [0.717, 1.165) is 0 Å². The highest BCUT2D eigenvalue weighted by molar-refractivity contribution is 6.36. The van der Waals surface area contributed by atoms with Gasteiger partial charge in [0.1, 0.15) is 0 Å². The minimum Gasteiger partial charge on any atom is -0.392 e. The van der Waals surface area contributed by atoms with Gasteiger partial charge in [-0.1, -0.05) is 23.2 Å². The molecule has 2 aliphatic rings. The largest absolute Gasteiger partial charge is 0.392 e. The number of piperidine rings is 1. The summed E-state index contributed by atoms with van der Waals surface area (Å²) in [6.07, 6.45) is 0.734. The molecule has 2 amide bonds. The first kappa shape index (κ1) is 15.9. The number of urea groups is 1. The number of hydrogen-bond donors (Lipinski definition) is 3. The Morgan fingerprint density at radius 2 is 1.86 bits per heavy atom. The highest BCUT2D eigenvalue weighted by Crippen LogP contribution is 2.49. The normalized spacial score (nSPS) is 26.6. The lowest BCUT2D eigenvalue weighted by molar-refractivity contribution is -0.186. The van der Waals surface area contributed by atoms with Crippen LogP contribution >= 0.6 is 23.2 Å². The van der Waals surface area contributed by atoms with Gasteiger partial charge in [-0.05, 0) is 31.0 Å². The molecule has 3 rings (SSSR count). The molecule has 0 bridgehead atoms. The molecule has 1 aromatic carbocycles. The van der Waals surface area contributed by atoms with Crippen molar-refractivity contribution in [3.05, 3.63) is 28.2 Å². The second-order valence-electron chi connectivity index (χ2n) is 6.04. The molecule has 1 saturated heterocycles. The summed E-state index contributed by atoms with van der Waals surface area (Å²) in [7, 11) is 0. The van der Waals surface area contributed by atoms with Crippen LogP contribution in [0.5, 0.6) is 0 Å². The fraction of sp³-hybridized carbons (Fsp3) is 0.533. The van der Waals surface area contributed by atoms with E-state index in [1.54, 1.807) is 23.1 Å². The number of anilines is 1. The standard InChI is InChI=1S/C15H18Cl2N2O3/c16-9-1-2-11(10(17)7-9)18-14(22)19-5-3-15(4-6-19)12(20)8-13(15)21/h1-2,7,12-13,20-21H,3-6,8H2,(H,18,22). The molecule has 3 N–H and O–H groups in total. The van der Waals surface area contributed by atoms with E-state index in [9.17, 15) is 15.0 Å². The number of carbonyl (C=O) groups is 1. The third kappa shape index (κ3) is 2.67. The number of amides is 2. The minimum atomic E-state index is -0.460. The van der Waals surface area contributed by atoms with Crippen LogP contribution in [-0.4, -0.2) is 46.4 Å². The van der Waals surface area contributed by atoms with Crippen molar-refractivity contribution >= 4 is 34.9 Å². The summed E-state index contributed by atoms with van der Waals surface area (Å²) < 4.78 is 0. The molecule has 1 aromatic rings. The Hall–Kier alpha value is -1.01. The third-order valence-electron chi connectivity index (χ3n) is 4.93. The number of hydrogen-bond acceptors (Lipinski definition) is 3. The zero-order valence-electron chi connectivity index (χ0n) is 11.9. The van der Waals surface area contributed by atoms with E-state index in [4.69, 9.17) is 23.2 Å². The van der Waals surface area contributed by atoms with Gasteiger partial charge in [0.2, 0.25) is 0 Å². The molecule has 5 nitrogen and oxygen atoms in total. The summed E-state index contributed by atoms with van der Waals surface area (Å²) >= 11 is 11.9. The van der Waals surface area contributed by atoms with Gasteiger partial charge in [0, 0.05) is 29.9 Å². The number of rotatable bonds is 1. The van der Waals surface area contributed by atoms with Crippen LogP contribution in [0.2, 0.25) is 10.0 Å². The van der Waals surface area contributed by atoms with Crippen molar-refractivity contribution in [1.29, 1.82) is 0 Å². The number of carbonyl (C=O) groups excluding carboxylic acids is 1. The fourth-order valence-corrected chi connectivity index (χ4v) is 3.78. The average molecular weight is 345 g/mol. The van der Waals surface area contributed by atoms with Crippen LogP contribution in [0.1, 0.15) is 19.3 Å². The molecule has 2 fully saturated rings. The van der Waals surface area contributed by atoms with Gasteiger partial charge in [0.25, 0.3) is 0 Å². The Kier molecular flexibility index (Phi) is 4.25. The summed E-state index contributed by atoms with van der Waals surface area (Å²) in [6, 6.07) is 4.66. The monoisotopic (exact) mass is 344 g/mol. The Balaban J connectivity index is 1.60. The van der Waals surface area contributed by atoms with Gasteiger partial charge in [0.15, 0.2) is 0 Å². The number of halogens is 2. The van der Waals surface area contributed by atoms with Crippen LogP contribution in [-0.2, 0) is 0 Å². The van der Waals surface area contributed by atoms with E-state index in [2.05, 4.69) is 5.32 Å². The number of nitrogens with one attached hydrogen (secondary N) is 1. The highest BCUT2D eigenvalue weighted by Gasteiger charge is 2.55. The predicted octanol–water partition coefficient (Wildman–Crippen LogP) is 2.73. The number of aliphatic hydroxyl groups is 2. The van der Waals surface area contributed by atoms with Crippen LogP contribution in [0, 0.1) is 5.41 Å². The highest BCUT2D eigenvalue weighted by atomic mass is 35.5. The molecular weight excluding hydrogens is 327 g/mol. The summed E-state index contributed by atoms with van der Waals surface area (Å²) in [5.41, 5.74) is 0.0920. The zero-order valence-corrected chi connectivity index (χ0v) is 13.4. The molecule has 1 heterocycles. The maximum Gasteiger partial charge on any atom is 0.321 e. The number of nitrogens with zero attached hydrogens (tertiary/aromatic N) is 1. The molecule has 2 unspecified atom stereocenters. The number of benzene rings is 1. The van der Waals surface area contributed by atoms with Gasteiger partial charge in [-0.15, -0.1) is 0 Å². The first-order chi connectivity index (χ1) is 10.4. The summed E-state index contributed by atoms with van der Waals surface area (Å²) in [5.74, 6) is 0. The second-order valence-corrected chi connectivity index (χ2v) is 6.89. The SMILES string of the molecule is O=C(Nc1ccc(Cl)cc1Cl)N1CCC2(CC1)C(O)CC2O. The fourth-order valence-electron chi connectivity index (χ4n) is 3.32. The smallest absolute Gasteiger partial charge is 0.321 e. The average Bonchev–Trinajstić information content (AvgIpc) is 2.50. The van der Waals surface area contributed by atoms with Crippen molar-refractivity contribution in [1.82, 2.24) is 4.90 Å². The predicted molar refractivity (Wildman–Crippen MR) is 85.4 cm³/mol. The van der Waals surface area contributed by atoms with Crippen molar-refractivity contribution in [3.63, 3.8) is 0 Å². The molecule has 120 valence electrons. The molecule has 1 aliphatic carbocycles. The van der Waals surface area contributed by atoms with Crippen LogP contribution in [0.25, 0.3) is 0 Å². The lowest BCUT2D eigenvalue weighted by atomic mass is 9.58. The van der Waals surface area contributed by atoms with E-state index in [-0.39, 0.29) is 6.03 Å². The third-order valence-corrected chi connectivity index (χ3v) is 5.48. The summed E-state index contributed by atoms with van der Waals surface area (Å²) in [5, 5.41) is 23.5. The van der Waals surface area contributed by atoms with Crippen molar-refractivity contribution in [2.24, 2.45) is 5.41 Å². The quantitative estimate of drug-likeness (QED) is 0.733. The molecule has 7 heteroatoms. The van der Waals surface area contributed by atoms with Crippen LogP contribution in [0.15, 0.2) is 18.2 Å². The number of likely N-dealkylation sites (tertiary alicyclic amines) is 1. The van der Waals surface area contributed by atoms with Crippen LogP contribution in [0.4, 0.5) is 10.5 Å². The molecular formula is C15H18Cl2N2O3. The van der Waals surface area contributed by atoms with Crippen LogP contribution < -0.4 is 5.32 Å². The van der Waals surface area contributed by atoms with Gasteiger partial charge < -0.3 is 20.4 Å². The number of aliphatic hydroxyl groups excluding tert-OH is 2. The van der Waals surface area contributed by atoms with Crippen molar-refractivity contribution in [2.45, 2.75) is 31.5 Å². The van der Waals surface area contributed by atoms with Gasteiger partial charge in [-0.3, -0.25) is 0 Å². The van der Waals surface area contributed by atoms with E-state index in [1.165, 1.54) is 0 Å². The Bertz CT molecular complexity index is 578. The lowest BCUT2D eigenvalue weighted by Gasteiger charge is -2.54.